The van der Waals surface area contributed by atoms with Crippen LogP contribution in [0.5, 0.6) is 5.75 Å². The Morgan fingerprint density at radius 3 is 2.55 bits per heavy atom. The summed E-state index contributed by atoms with van der Waals surface area (Å²) in [4.78, 5) is 19.2. The number of aromatic nitrogens is 3. The molecule has 1 aromatic carbocycles. The minimum atomic E-state index is -0.123. The van der Waals surface area contributed by atoms with Gasteiger partial charge >= 0.3 is 0 Å². The van der Waals surface area contributed by atoms with Crippen LogP contribution in [0.15, 0.2) is 53.2 Å². The number of methoxy groups -OCH3 is 1. The fourth-order valence-corrected chi connectivity index (χ4v) is 4.65. The molecule has 0 aliphatic carbocycles. The molecule has 8 heteroatoms. The van der Waals surface area contributed by atoms with E-state index in [2.05, 4.69) is 15.2 Å². The number of likely N-dealkylation sites (tertiary alicyclic amines) is 1. The van der Waals surface area contributed by atoms with Crippen LogP contribution in [-0.2, 0) is 4.74 Å². The van der Waals surface area contributed by atoms with Crippen LogP contribution in [0, 0.1) is 5.41 Å². The van der Waals surface area contributed by atoms with Crippen LogP contribution in [0.25, 0.3) is 11.5 Å². The van der Waals surface area contributed by atoms with Gasteiger partial charge in [-0.25, -0.2) is 0 Å². The molecule has 0 N–H and O–H groups in total. The number of nitrogens with zero attached hydrogens (tertiary/aromatic N) is 4. The molecule has 1 spiro atoms. The highest BCUT2D eigenvalue weighted by molar-refractivity contribution is 5.94. The van der Waals surface area contributed by atoms with Crippen molar-refractivity contribution in [2.45, 2.75) is 18.8 Å². The van der Waals surface area contributed by atoms with Gasteiger partial charge in [0.2, 0.25) is 11.8 Å². The molecular weight excluding hydrogens is 396 g/mol. The van der Waals surface area contributed by atoms with Crippen molar-refractivity contribution >= 4 is 5.91 Å². The topological polar surface area (TPSA) is 90.6 Å². The smallest absolute Gasteiger partial charge is 0.253 e. The van der Waals surface area contributed by atoms with Crippen LogP contribution >= 0.6 is 0 Å². The van der Waals surface area contributed by atoms with Crippen LogP contribution < -0.4 is 4.74 Å². The molecule has 1 unspecified atom stereocenters. The van der Waals surface area contributed by atoms with Gasteiger partial charge in [-0.1, -0.05) is 0 Å². The molecule has 1 amide bonds. The largest absolute Gasteiger partial charge is 0.497 e. The summed E-state index contributed by atoms with van der Waals surface area (Å²) in [5, 5.41) is 8.64. The van der Waals surface area contributed by atoms with Gasteiger partial charge in [-0.3, -0.25) is 9.78 Å². The van der Waals surface area contributed by atoms with E-state index < -0.39 is 0 Å². The zero-order valence-corrected chi connectivity index (χ0v) is 17.4. The second-order valence-electron chi connectivity index (χ2n) is 8.12. The van der Waals surface area contributed by atoms with Crippen molar-refractivity contribution in [2.75, 3.05) is 33.4 Å². The predicted octanol–water partition coefficient (Wildman–Crippen LogP) is 3.18. The van der Waals surface area contributed by atoms with Gasteiger partial charge in [-0.2, -0.15) is 0 Å². The van der Waals surface area contributed by atoms with Crippen molar-refractivity contribution in [3.05, 3.63) is 60.2 Å². The Morgan fingerprint density at radius 2 is 1.84 bits per heavy atom. The van der Waals surface area contributed by atoms with Crippen LogP contribution in [-0.4, -0.2) is 59.4 Å². The van der Waals surface area contributed by atoms with Crippen LogP contribution in [0.3, 0.4) is 0 Å². The zero-order chi connectivity index (χ0) is 21.3. The molecule has 2 saturated heterocycles. The SMILES string of the molecule is COc1ccc(C(=O)N2CC(c3nnc(-c4ccncc4)o3)C3(CCOCC3)C2)cc1. The highest BCUT2D eigenvalue weighted by Crippen LogP contribution is 2.49. The number of benzene rings is 1. The van der Waals surface area contributed by atoms with Crippen LogP contribution in [0.1, 0.15) is 35.0 Å². The third-order valence-corrected chi connectivity index (χ3v) is 6.43. The third-order valence-electron chi connectivity index (χ3n) is 6.43. The number of pyridine rings is 1. The lowest BCUT2D eigenvalue weighted by atomic mass is 9.72. The quantitative estimate of drug-likeness (QED) is 0.640. The van der Waals surface area contributed by atoms with Crippen molar-refractivity contribution in [1.82, 2.24) is 20.1 Å². The van der Waals surface area contributed by atoms with E-state index in [1.54, 1.807) is 31.6 Å². The molecular formula is C23H24N4O4. The maximum Gasteiger partial charge on any atom is 0.253 e. The van der Waals surface area contributed by atoms with Gasteiger partial charge < -0.3 is 18.8 Å². The fourth-order valence-electron chi connectivity index (χ4n) is 4.65. The summed E-state index contributed by atoms with van der Waals surface area (Å²) >= 11 is 0. The monoisotopic (exact) mass is 420 g/mol. The standard InChI is InChI=1S/C23H24N4O4/c1-29-18-4-2-17(3-5-18)22(28)27-14-19(23(15-27)8-12-30-13-9-23)21-26-25-20(31-21)16-6-10-24-11-7-16/h2-7,10-11,19H,8-9,12-15H2,1H3. The van der Waals surface area contributed by atoms with E-state index in [-0.39, 0.29) is 17.2 Å². The first-order valence-electron chi connectivity index (χ1n) is 10.4. The number of rotatable bonds is 4. The molecule has 31 heavy (non-hydrogen) atoms. The molecule has 0 radical (unpaired) electrons. The van der Waals surface area contributed by atoms with E-state index >= 15 is 0 Å². The summed E-state index contributed by atoms with van der Waals surface area (Å²) in [6.07, 6.45) is 5.11. The highest BCUT2D eigenvalue weighted by atomic mass is 16.5. The summed E-state index contributed by atoms with van der Waals surface area (Å²) in [5.74, 6) is 1.76. The fraction of sp³-hybridized carbons (Fsp3) is 0.391. The molecule has 5 rings (SSSR count). The highest BCUT2D eigenvalue weighted by Gasteiger charge is 2.51. The molecule has 4 heterocycles. The van der Waals surface area contributed by atoms with E-state index in [1.807, 2.05) is 29.2 Å². The summed E-state index contributed by atoms with van der Waals surface area (Å²) in [6, 6.07) is 10.9. The molecule has 2 aliphatic heterocycles. The average molecular weight is 420 g/mol. The van der Waals surface area contributed by atoms with Gasteiger partial charge in [0.05, 0.1) is 13.0 Å². The van der Waals surface area contributed by atoms with Gasteiger partial charge in [0.25, 0.3) is 5.91 Å². The number of ether oxygens (including phenoxy) is 2. The number of carbonyl (C=O) groups excluding carboxylic acids is 1. The maximum absolute atomic E-state index is 13.3. The molecule has 0 saturated carbocycles. The molecule has 0 bridgehead atoms. The van der Waals surface area contributed by atoms with E-state index in [1.165, 1.54) is 0 Å². The zero-order valence-electron chi connectivity index (χ0n) is 17.4. The lowest BCUT2D eigenvalue weighted by Gasteiger charge is -2.36. The maximum atomic E-state index is 13.3. The predicted molar refractivity (Wildman–Crippen MR) is 112 cm³/mol. The number of amides is 1. The average Bonchev–Trinajstić information content (AvgIpc) is 3.45. The number of hydrogen-bond acceptors (Lipinski definition) is 7. The van der Waals surface area contributed by atoms with Crippen molar-refractivity contribution < 1.29 is 18.7 Å². The molecule has 2 aromatic heterocycles. The van der Waals surface area contributed by atoms with E-state index in [0.29, 0.717) is 43.6 Å². The lowest BCUT2D eigenvalue weighted by molar-refractivity contribution is 0.00908. The summed E-state index contributed by atoms with van der Waals surface area (Å²) in [6.45, 7) is 2.54. The van der Waals surface area contributed by atoms with Crippen LogP contribution in [0.4, 0.5) is 0 Å². The Morgan fingerprint density at radius 1 is 1.10 bits per heavy atom. The third kappa shape index (κ3) is 3.67. The Bertz CT molecular complexity index is 1040. The lowest BCUT2D eigenvalue weighted by Crippen LogP contribution is -2.37. The normalized spacial score (nSPS) is 20.2. The molecule has 160 valence electrons. The molecule has 3 aromatic rings. The van der Waals surface area contributed by atoms with Gasteiger partial charge in [-0.15, -0.1) is 10.2 Å². The Kier molecular flexibility index (Phi) is 5.15. The van der Waals surface area contributed by atoms with Gasteiger partial charge in [0, 0.05) is 55.2 Å². The van der Waals surface area contributed by atoms with Crippen molar-refractivity contribution in [3.8, 4) is 17.2 Å². The Labute approximate surface area is 180 Å². The second kappa shape index (κ2) is 8.11. The molecule has 1 atom stereocenters. The first-order chi connectivity index (χ1) is 15.2. The summed E-state index contributed by atoms with van der Waals surface area (Å²) in [5.41, 5.74) is 1.35. The molecule has 2 fully saturated rings. The summed E-state index contributed by atoms with van der Waals surface area (Å²) < 4.78 is 16.9. The molecule has 8 nitrogen and oxygen atoms in total. The van der Waals surface area contributed by atoms with Crippen molar-refractivity contribution in [2.24, 2.45) is 5.41 Å². The minimum Gasteiger partial charge on any atom is -0.497 e. The van der Waals surface area contributed by atoms with Crippen LogP contribution in [0.2, 0.25) is 0 Å². The van der Waals surface area contributed by atoms with E-state index in [9.17, 15) is 4.79 Å². The van der Waals surface area contributed by atoms with Crippen molar-refractivity contribution in [3.63, 3.8) is 0 Å². The van der Waals surface area contributed by atoms with Gasteiger partial charge in [-0.05, 0) is 49.2 Å². The summed E-state index contributed by atoms with van der Waals surface area (Å²) in [7, 11) is 1.61. The number of carbonyl (C=O) groups is 1. The van der Waals surface area contributed by atoms with E-state index in [0.717, 1.165) is 24.2 Å². The first kappa shape index (κ1) is 19.7. The second-order valence-corrected chi connectivity index (χ2v) is 8.12. The van der Waals surface area contributed by atoms with Gasteiger partial charge in [0.1, 0.15) is 5.75 Å². The van der Waals surface area contributed by atoms with Gasteiger partial charge in [0.15, 0.2) is 0 Å². The first-order valence-corrected chi connectivity index (χ1v) is 10.4. The van der Waals surface area contributed by atoms with E-state index in [4.69, 9.17) is 13.9 Å². The number of hydrogen-bond donors (Lipinski definition) is 0. The molecule has 2 aliphatic rings. The Hall–Kier alpha value is -3.26. The van der Waals surface area contributed by atoms with Crippen molar-refractivity contribution in [1.29, 1.82) is 0 Å². The Balaban J connectivity index is 1.43. The minimum absolute atomic E-state index is 0.00453.